The van der Waals surface area contributed by atoms with Crippen molar-refractivity contribution in [3.8, 4) is 16.9 Å². The van der Waals surface area contributed by atoms with E-state index >= 15 is 0 Å². The van der Waals surface area contributed by atoms with Crippen LogP contribution in [0.15, 0.2) is 53.4 Å². The number of halogens is 3. The molecule has 0 bridgehead atoms. The molecule has 0 amide bonds. The molecule has 2 aromatic carbocycles. The van der Waals surface area contributed by atoms with E-state index in [4.69, 9.17) is 17.3 Å². The molecule has 5 nitrogen and oxygen atoms in total. The van der Waals surface area contributed by atoms with Gasteiger partial charge in [0.2, 0.25) is 0 Å². The van der Waals surface area contributed by atoms with Gasteiger partial charge in [-0.05, 0) is 35.9 Å². The molecule has 2 N–H and O–H groups in total. The fourth-order valence-corrected chi connectivity index (χ4v) is 3.50. The number of benzene rings is 2. The lowest BCUT2D eigenvalue weighted by atomic mass is 10.1. The number of aromatic nitrogens is 2. The van der Waals surface area contributed by atoms with E-state index in [1.54, 1.807) is 30.3 Å². The summed E-state index contributed by atoms with van der Waals surface area (Å²) in [6, 6.07) is 12.2. The predicted octanol–water partition coefficient (Wildman–Crippen LogP) is 3.99. The van der Waals surface area contributed by atoms with Crippen molar-refractivity contribution in [2.75, 3.05) is 6.26 Å². The maximum atomic E-state index is 13.2. The molecule has 3 aromatic rings. The van der Waals surface area contributed by atoms with E-state index in [9.17, 15) is 17.2 Å². The quantitative estimate of drug-likeness (QED) is 0.688. The summed E-state index contributed by atoms with van der Waals surface area (Å²) in [5.74, 6) is 0. The second-order valence-electron chi connectivity index (χ2n) is 5.94. The summed E-state index contributed by atoms with van der Waals surface area (Å²) < 4.78 is 51.0. The molecule has 0 saturated carbocycles. The normalized spacial score (nSPS) is 11.9. The van der Waals surface area contributed by atoms with E-state index in [1.807, 2.05) is 0 Å². The third-order valence-electron chi connectivity index (χ3n) is 4.03. The van der Waals surface area contributed by atoms with Crippen molar-refractivity contribution in [3.05, 3.63) is 64.8 Å². The second kappa shape index (κ2) is 7.38. The van der Waals surface area contributed by atoms with Crippen LogP contribution in [-0.4, -0.2) is 24.5 Å². The van der Waals surface area contributed by atoms with Gasteiger partial charge in [-0.25, -0.2) is 21.9 Å². The molecule has 0 saturated heterocycles. The van der Waals surface area contributed by atoms with Crippen molar-refractivity contribution in [1.82, 2.24) is 9.78 Å². The Kier molecular flexibility index (Phi) is 5.32. The summed E-state index contributed by atoms with van der Waals surface area (Å²) in [5, 5.41) is 4.39. The minimum absolute atomic E-state index is 0.141. The van der Waals surface area contributed by atoms with Crippen molar-refractivity contribution in [1.29, 1.82) is 0 Å². The molecular formula is C18H16ClF2N3O2S. The lowest BCUT2D eigenvalue weighted by Gasteiger charge is -2.10. The maximum absolute atomic E-state index is 13.2. The largest absolute Gasteiger partial charge is 0.326 e. The van der Waals surface area contributed by atoms with Gasteiger partial charge in [0.1, 0.15) is 5.69 Å². The highest BCUT2D eigenvalue weighted by Gasteiger charge is 2.19. The number of hydrogen-bond acceptors (Lipinski definition) is 4. The third-order valence-corrected chi connectivity index (χ3v) is 5.51. The van der Waals surface area contributed by atoms with Crippen LogP contribution in [-0.2, 0) is 16.4 Å². The summed E-state index contributed by atoms with van der Waals surface area (Å²) in [4.78, 5) is 0.141. The number of hydrogen-bond donors (Lipinski definition) is 1. The topological polar surface area (TPSA) is 78.0 Å². The van der Waals surface area contributed by atoms with Gasteiger partial charge in [-0.2, -0.15) is 5.10 Å². The van der Waals surface area contributed by atoms with Gasteiger partial charge in [0.05, 0.1) is 16.3 Å². The number of sulfone groups is 1. The van der Waals surface area contributed by atoms with Crippen LogP contribution in [0.4, 0.5) is 8.78 Å². The minimum Gasteiger partial charge on any atom is -0.326 e. The number of nitrogens with two attached hydrogens (primary N) is 1. The summed E-state index contributed by atoms with van der Waals surface area (Å²) in [6.07, 6.45) is -1.65. The van der Waals surface area contributed by atoms with Crippen molar-refractivity contribution >= 4 is 21.4 Å². The first-order chi connectivity index (χ1) is 12.7. The minimum atomic E-state index is -3.36. The van der Waals surface area contributed by atoms with Gasteiger partial charge in [0.15, 0.2) is 9.84 Å². The van der Waals surface area contributed by atoms with E-state index in [0.29, 0.717) is 22.0 Å². The molecule has 0 fully saturated rings. The van der Waals surface area contributed by atoms with Crippen LogP contribution in [0.3, 0.4) is 0 Å². The first-order valence-corrected chi connectivity index (χ1v) is 10.1. The van der Waals surface area contributed by atoms with Crippen molar-refractivity contribution in [2.45, 2.75) is 17.9 Å². The Morgan fingerprint density at radius 3 is 2.33 bits per heavy atom. The van der Waals surface area contributed by atoms with Crippen molar-refractivity contribution < 1.29 is 17.2 Å². The Hall–Kier alpha value is -2.29. The van der Waals surface area contributed by atoms with Crippen LogP contribution in [0.5, 0.6) is 0 Å². The SMILES string of the molecule is CS(=O)(=O)c1ccc(-c2cc(C(F)F)nn2-c2ccc(CN)c(Cl)c2)cc1. The van der Waals surface area contributed by atoms with Gasteiger partial charge in [-0.1, -0.05) is 29.8 Å². The van der Waals surface area contributed by atoms with Crippen LogP contribution in [0.25, 0.3) is 16.9 Å². The van der Waals surface area contributed by atoms with Crippen LogP contribution in [0.1, 0.15) is 17.7 Å². The standard InChI is InChI=1S/C18H16ClF2N3O2S/c1-27(25,26)14-6-3-11(4-7-14)17-9-16(18(20)21)23-24(17)13-5-2-12(10-22)15(19)8-13/h2-9,18H,10,22H2,1H3. The zero-order valence-corrected chi connectivity index (χ0v) is 15.8. The molecule has 0 aliphatic rings. The molecule has 27 heavy (non-hydrogen) atoms. The van der Waals surface area contributed by atoms with Crippen LogP contribution in [0, 0.1) is 0 Å². The van der Waals surface area contributed by atoms with E-state index in [0.717, 1.165) is 11.8 Å². The fourth-order valence-electron chi connectivity index (χ4n) is 2.61. The Labute approximate surface area is 160 Å². The van der Waals surface area contributed by atoms with Gasteiger partial charge in [0.25, 0.3) is 6.43 Å². The van der Waals surface area contributed by atoms with Crippen molar-refractivity contribution in [2.24, 2.45) is 5.73 Å². The average Bonchev–Trinajstić information content (AvgIpc) is 3.06. The van der Waals surface area contributed by atoms with Gasteiger partial charge in [-0.15, -0.1) is 0 Å². The molecule has 1 heterocycles. The average molecular weight is 412 g/mol. The number of alkyl halides is 2. The summed E-state index contributed by atoms with van der Waals surface area (Å²) in [5.41, 5.74) is 7.35. The number of rotatable bonds is 5. The maximum Gasteiger partial charge on any atom is 0.282 e. The summed E-state index contributed by atoms with van der Waals surface area (Å²) in [7, 11) is -3.36. The smallest absolute Gasteiger partial charge is 0.282 e. The molecule has 0 unspecified atom stereocenters. The second-order valence-corrected chi connectivity index (χ2v) is 8.37. The van der Waals surface area contributed by atoms with Gasteiger partial charge < -0.3 is 5.73 Å². The van der Waals surface area contributed by atoms with E-state index in [1.165, 1.54) is 22.9 Å². The molecule has 0 aliphatic carbocycles. The van der Waals surface area contributed by atoms with E-state index in [-0.39, 0.29) is 11.4 Å². The zero-order chi connectivity index (χ0) is 19.8. The molecule has 9 heteroatoms. The van der Waals surface area contributed by atoms with Crippen LogP contribution < -0.4 is 5.73 Å². The zero-order valence-electron chi connectivity index (χ0n) is 14.2. The van der Waals surface area contributed by atoms with Crippen molar-refractivity contribution in [3.63, 3.8) is 0 Å². The molecule has 0 atom stereocenters. The van der Waals surface area contributed by atoms with E-state index < -0.39 is 22.0 Å². The van der Waals surface area contributed by atoms with Gasteiger partial charge in [-0.3, -0.25) is 0 Å². The highest BCUT2D eigenvalue weighted by atomic mass is 35.5. The Morgan fingerprint density at radius 2 is 1.81 bits per heavy atom. The molecule has 0 radical (unpaired) electrons. The highest BCUT2D eigenvalue weighted by molar-refractivity contribution is 7.90. The van der Waals surface area contributed by atoms with Crippen LogP contribution >= 0.6 is 11.6 Å². The van der Waals surface area contributed by atoms with E-state index in [2.05, 4.69) is 5.10 Å². The molecule has 142 valence electrons. The first-order valence-electron chi connectivity index (χ1n) is 7.88. The summed E-state index contributed by atoms with van der Waals surface area (Å²) >= 11 is 6.18. The van der Waals surface area contributed by atoms with Crippen LogP contribution in [0.2, 0.25) is 5.02 Å². The Morgan fingerprint density at radius 1 is 1.15 bits per heavy atom. The Bertz CT molecular complexity index is 1080. The highest BCUT2D eigenvalue weighted by Crippen LogP contribution is 2.30. The van der Waals surface area contributed by atoms with Gasteiger partial charge in [0, 0.05) is 23.4 Å². The monoisotopic (exact) mass is 411 g/mol. The summed E-state index contributed by atoms with van der Waals surface area (Å²) in [6.45, 7) is 0.250. The lowest BCUT2D eigenvalue weighted by Crippen LogP contribution is -2.03. The number of nitrogens with zero attached hydrogens (tertiary/aromatic N) is 2. The molecular weight excluding hydrogens is 396 g/mol. The molecule has 0 spiro atoms. The molecule has 1 aromatic heterocycles. The predicted molar refractivity (Wildman–Crippen MR) is 100.0 cm³/mol. The van der Waals surface area contributed by atoms with Gasteiger partial charge >= 0.3 is 0 Å². The third kappa shape index (κ3) is 4.02. The molecule has 0 aliphatic heterocycles. The lowest BCUT2D eigenvalue weighted by molar-refractivity contribution is 0.145. The Balaban J connectivity index is 2.14. The first kappa shape index (κ1) is 19.5. The fraction of sp³-hybridized carbons (Fsp3) is 0.167. The molecule has 3 rings (SSSR count).